The Morgan fingerprint density at radius 1 is 0.500 bits per heavy atom. The van der Waals surface area contributed by atoms with Gasteiger partial charge in [0.15, 0.2) is 0 Å². The van der Waals surface area contributed by atoms with Gasteiger partial charge in [0.2, 0.25) is 0 Å². The SMILES string of the molecule is Cc1cc(-c2ccc(Cl)cc2)ccc1C1(c2cc(N(c3ccccc3)c3cc(C4C=CC=CC4C)cc4oc5ccccc5c34)ccc2O)c2ccccc2-c2cc(/C=C(/CC3=CC(c4cccc5c4oc4ccccc45)=CCC3)c3cc(-c4ccccc4)c4oc5ccccc5c4c3)ccc21. The molecule has 3 heterocycles. The van der Waals surface area contributed by atoms with Crippen LogP contribution < -0.4 is 4.90 Å². The number of halogens is 1. The van der Waals surface area contributed by atoms with Crippen LogP contribution >= 0.6 is 11.6 Å². The van der Waals surface area contributed by atoms with Gasteiger partial charge in [-0.3, -0.25) is 0 Å². The summed E-state index contributed by atoms with van der Waals surface area (Å²) in [5, 5.41) is 20.5. The Morgan fingerprint density at radius 3 is 1.94 bits per heavy atom. The molecule has 102 heavy (non-hydrogen) atoms. The molecule has 0 aliphatic heterocycles. The highest BCUT2D eigenvalue weighted by Gasteiger charge is 2.49. The molecule has 3 unspecified atom stereocenters. The minimum atomic E-state index is -1.05. The second kappa shape index (κ2) is 24.6. The summed E-state index contributed by atoms with van der Waals surface area (Å²) in [4.78, 5) is 2.37. The molecule has 3 aliphatic carbocycles. The van der Waals surface area contributed by atoms with Crippen molar-refractivity contribution in [2.45, 2.75) is 44.4 Å². The van der Waals surface area contributed by atoms with E-state index in [1.54, 1.807) is 0 Å². The van der Waals surface area contributed by atoms with Gasteiger partial charge in [0.05, 0.1) is 16.5 Å². The normalized spacial score (nSPS) is 16.5. The smallest absolute Gasteiger partial charge is 0.143 e. The molecule has 13 aromatic carbocycles. The number of nitrogens with zero attached hydrogens (tertiary/aromatic N) is 1. The summed E-state index contributed by atoms with van der Waals surface area (Å²) in [6.07, 6.45) is 18.6. The predicted molar refractivity (Wildman–Crippen MR) is 423 cm³/mol. The summed E-state index contributed by atoms with van der Waals surface area (Å²) in [5.74, 6) is 0.551. The van der Waals surface area contributed by atoms with Crippen LogP contribution in [0.3, 0.4) is 0 Å². The first-order chi connectivity index (χ1) is 50.2. The van der Waals surface area contributed by atoms with Crippen molar-refractivity contribution in [2.24, 2.45) is 5.92 Å². The van der Waals surface area contributed by atoms with Crippen LogP contribution in [0.1, 0.15) is 82.2 Å². The number of aromatic hydroxyl groups is 1. The molecule has 0 bridgehead atoms. The fraction of sp³-hybridized carbons (Fsp3) is 0.0833. The average molecular weight is 1340 g/mol. The predicted octanol–water partition coefficient (Wildman–Crippen LogP) is 26.8. The Labute approximate surface area is 596 Å². The van der Waals surface area contributed by atoms with Gasteiger partial charge >= 0.3 is 0 Å². The van der Waals surface area contributed by atoms with Crippen LogP contribution in [-0.4, -0.2) is 5.11 Å². The number of hydrogen-bond donors (Lipinski definition) is 1. The first-order valence-corrected chi connectivity index (χ1v) is 35.7. The fourth-order valence-corrected chi connectivity index (χ4v) is 17.1. The van der Waals surface area contributed by atoms with Gasteiger partial charge in [-0.2, -0.15) is 0 Å². The van der Waals surface area contributed by atoms with Gasteiger partial charge in [-0.05, 0) is 201 Å². The Bertz CT molecular complexity index is 6230. The van der Waals surface area contributed by atoms with E-state index >= 15 is 0 Å². The fourth-order valence-electron chi connectivity index (χ4n) is 16.9. The van der Waals surface area contributed by atoms with Crippen LogP contribution in [0.25, 0.3) is 116 Å². The van der Waals surface area contributed by atoms with Crippen molar-refractivity contribution in [3.05, 3.63) is 376 Å². The number of phenolic OH excluding ortho intramolecular Hbond substituents is 1. The van der Waals surface area contributed by atoms with E-state index in [1.807, 2.05) is 30.3 Å². The van der Waals surface area contributed by atoms with Crippen LogP contribution in [0, 0.1) is 12.8 Å². The second-order valence-electron chi connectivity index (χ2n) is 27.7. The summed E-state index contributed by atoms with van der Waals surface area (Å²) in [6, 6.07) is 99.3. The van der Waals surface area contributed by atoms with Crippen molar-refractivity contribution in [1.82, 2.24) is 0 Å². The van der Waals surface area contributed by atoms with E-state index in [0.717, 1.165) is 179 Å². The molecule has 0 radical (unpaired) electrons. The number of benzene rings is 13. The van der Waals surface area contributed by atoms with E-state index in [9.17, 15) is 5.11 Å². The lowest BCUT2D eigenvalue weighted by Gasteiger charge is -2.37. The Morgan fingerprint density at radius 2 is 1.16 bits per heavy atom. The molecule has 19 rings (SSSR count). The molecule has 0 saturated heterocycles. The van der Waals surface area contributed by atoms with E-state index in [-0.39, 0.29) is 17.6 Å². The Kier molecular flexibility index (Phi) is 14.7. The van der Waals surface area contributed by atoms with E-state index in [0.29, 0.717) is 11.4 Å². The number of rotatable bonds is 13. The Balaban J connectivity index is 0.830. The summed E-state index contributed by atoms with van der Waals surface area (Å²) < 4.78 is 20.4. The van der Waals surface area contributed by atoms with Crippen molar-refractivity contribution >= 4 is 112 Å². The van der Waals surface area contributed by atoms with Crippen LogP contribution in [0.15, 0.2) is 334 Å². The first-order valence-electron chi connectivity index (χ1n) is 35.3. The number of aryl methyl sites for hydroxylation is 1. The molecule has 16 aromatic rings. The van der Waals surface area contributed by atoms with Gasteiger partial charge in [-0.1, -0.05) is 255 Å². The molecule has 0 amide bonds. The van der Waals surface area contributed by atoms with Gasteiger partial charge in [-0.25, -0.2) is 0 Å². The molecule has 0 saturated carbocycles. The molecule has 5 nitrogen and oxygen atoms in total. The molecular weight excluding hydrogens is 1270 g/mol. The molecule has 0 fully saturated rings. The van der Waals surface area contributed by atoms with Crippen molar-refractivity contribution in [3.63, 3.8) is 0 Å². The van der Waals surface area contributed by atoms with Crippen LogP contribution in [0.4, 0.5) is 17.1 Å². The zero-order chi connectivity index (χ0) is 68.2. The lowest BCUT2D eigenvalue weighted by Crippen LogP contribution is -2.30. The maximum atomic E-state index is 13.3. The number of anilines is 3. The molecule has 6 heteroatoms. The first kappa shape index (κ1) is 61.0. The van der Waals surface area contributed by atoms with Gasteiger partial charge in [0.25, 0.3) is 0 Å². The van der Waals surface area contributed by atoms with Crippen molar-refractivity contribution < 1.29 is 18.4 Å². The summed E-state index contributed by atoms with van der Waals surface area (Å²) in [7, 11) is 0. The largest absolute Gasteiger partial charge is 0.508 e. The van der Waals surface area contributed by atoms with Crippen LogP contribution in [0.2, 0.25) is 5.02 Å². The molecule has 3 aromatic heterocycles. The Hall–Kier alpha value is -12.2. The van der Waals surface area contributed by atoms with Gasteiger partial charge in [-0.15, -0.1) is 0 Å². The molecule has 488 valence electrons. The monoisotopic (exact) mass is 1330 g/mol. The van der Waals surface area contributed by atoms with Gasteiger partial charge in [0.1, 0.15) is 39.2 Å². The molecule has 3 aliphatic rings. The minimum absolute atomic E-state index is 0.112. The third kappa shape index (κ3) is 10.1. The lowest BCUT2D eigenvalue weighted by molar-refractivity contribution is 0.461. The molecule has 1 N–H and O–H groups in total. The topological polar surface area (TPSA) is 62.9 Å². The standard InChI is InChI=1S/C96H68ClNO4/c1-59-21-9-10-28-73(59)69-56-87(93-79-32-14-18-38-91(79)100-92(93)57-69)98(71-26-7-4-8-27-71)72-45-48-88(99)86(58-72)96(83-47-42-65(49-60(83)2)63-40-43-70(97)44-41-63)84-35-15-11-29-75(84)81-53-62(39-46-85(81)96)52-67(68-54-80(64-23-5-3-6-24-64)95-82(55-68)77-31-13-17-37-90(77)102-95)51-61-22-19-25-66(50-61)74-33-20-34-78-76-30-12-16-36-89(76)101-94(74)78/h3-18,20-21,23-50,52-59,73,99H,19,22,51H2,1-2H3/b67-52-. The quantitative estimate of drug-likeness (QED) is 0.117. The highest BCUT2D eigenvalue weighted by atomic mass is 35.5. The molecule has 0 spiro atoms. The highest BCUT2D eigenvalue weighted by molar-refractivity contribution is 6.30. The van der Waals surface area contributed by atoms with E-state index in [4.69, 9.17) is 24.9 Å². The number of fused-ring (bicyclic) bond motifs is 12. The number of hydrogen-bond acceptors (Lipinski definition) is 5. The zero-order valence-electron chi connectivity index (χ0n) is 56.4. The molecular formula is C96H68ClNO4. The van der Waals surface area contributed by atoms with Gasteiger partial charge < -0.3 is 23.3 Å². The van der Waals surface area contributed by atoms with Crippen molar-refractivity contribution in [3.8, 4) is 39.1 Å². The number of allylic oxidation sites excluding steroid dienone is 9. The molecule has 3 atom stereocenters. The lowest BCUT2D eigenvalue weighted by atomic mass is 9.65. The maximum Gasteiger partial charge on any atom is 0.143 e. The summed E-state index contributed by atoms with van der Waals surface area (Å²) >= 11 is 6.53. The third-order valence-electron chi connectivity index (χ3n) is 21.6. The minimum Gasteiger partial charge on any atom is -0.508 e. The number of furan rings is 3. The van der Waals surface area contributed by atoms with E-state index < -0.39 is 5.41 Å². The van der Waals surface area contributed by atoms with Gasteiger partial charge in [0, 0.05) is 65.9 Å². The zero-order valence-corrected chi connectivity index (χ0v) is 57.1. The van der Waals surface area contributed by atoms with E-state index in [1.165, 1.54) is 16.7 Å². The average Bonchev–Trinajstić information content (AvgIpc) is 1.50. The van der Waals surface area contributed by atoms with Crippen molar-refractivity contribution in [2.75, 3.05) is 4.90 Å². The van der Waals surface area contributed by atoms with E-state index in [2.05, 4.69) is 310 Å². The number of para-hydroxylation sites is 5. The van der Waals surface area contributed by atoms with Crippen LogP contribution in [-0.2, 0) is 5.41 Å². The van der Waals surface area contributed by atoms with Crippen molar-refractivity contribution in [1.29, 1.82) is 0 Å². The maximum absolute atomic E-state index is 13.3. The number of phenols is 1. The summed E-state index contributed by atoms with van der Waals surface area (Å²) in [6.45, 7) is 4.51. The second-order valence-corrected chi connectivity index (χ2v) is 28.1. The summed E-state index contributed by atoms with van der Waals surface area (Å²) in [5.41, 5.74) is 26.6. The highest BCUT2D eigenvalue weighted by Crippen LogP contribution is 2.60. The van der Waals surface area contributed by atoms with Crippen LogP contribution in [0.5, 0.6) is 5.75 Å². The third-order valence-corrected chi connectivity index (χ3v) is 21.9.